The number of nitrogens with two attached hydrogens (primary N) is 1. The molecule has 3 N–H and O–H groups in total. The van der Waals surface area contributed by atoms with E-state index in [1.165, 1.54) is 16.6 Å². The van der Waals surface area contributed by atoms with Crippen LogP contribution in [0.15, 0.2) is 64.2 Å². The Morgan fingerprint density at radius 2 is 1.78 bits per heavy atom. The SMILES string of the molecule is CCOc1ccccc1C(=O)N(Cc1ccccc1)c1c(N)n(CCOC)c(=O)[nH]c1=O. The van der Waals surface area contributed by atoms with Gasteiger partial charge in [0.1, 0.15) is 11.6 Å². The van der Waals surface area contributed by atoms with E-state index < -0.39 is 17.2 Å². The second-order valence-electron chi connectivity index (χ2n) is 6.94. The van der Waals surface area contributed by atoms with Crippen LogP contribution in [0.4, 0.5) is 11.5 Å². The number of hydrogen-bond acceptors (Lipinski definition) is 6. The summed E-state index contributed by atoms with van der Waals surface area (Å²) in [4.78, 5) is 42.4. The number of rotatable bonds is 9. The molecule has 9 nitrogen and oxygen atoms in total. The molecule has 168 valence electrons. The minimum Gasteiger partial charge on any atom is -0.493 e. The molecule has 1 heterocycles. The monoisotopic (exact) mass is 438 g/mol. The van der Waals surface area contributed by atoms with E-state index in [2.05, 4.69) is 4.98 Å². The molecule has 0 aliphatic heterocycles. The van der Waals surface area contributed by atoms with E-state index in [4.69, 9.17) is 15.2 Å². The van der Waals surface area contributed by atoms with Crippen LogP contribution in [0.1, 0.15) is 22.8 Å². The van der Waals surface area contributed by atoms with Crippen LogP contribution >= 0.6 is 0 Å². The fraction of sp³-hybridized carbons (Fsp3) is 0.261. The predicted molar refractivity (Wildman–Crippen MR) is 122 cm³/mol. The highest BCUT2D eigenvalue weighted by Gasteiger charge is 2.27. The lowest BCUT2D eigenvalue weighted by Crippen LogP contribution is -2.41. The van der Waals surface area contributed by atoms with Crippen molar-refractivity contribution in [1.82, 2.24) is 9.55 Å². The van der Waals surface area contributed by atoms with Gasteiger partial charge in [0.25, 0.3) is 11.5 Å². The van der Waals surface area contributed by atoms with Crippen molar-refractivity contribution in [2.24, 2.45) is 0 Å². The fourth-order valence-corrected chi connectivity index (χ4v) is 3.33. The topological polar surface area (TPSA) is 120 Å². The second-order valence-corrected chi connectivity index (χ2v) is 6.94. The highest BCUT2D eigenvalue weighted by atomic mass is 16.5. The van der Waals surface area contributed by atoms with Crippen molar-refractivity contribution >= 4 is 17.4 Å². The lowest BCUT2D eigenvalue weighted by molar-refractivity contribution is 0.0981. The fourth-order valence-electron chi connectivity index (χ4n) is 3.33. The van der Waals surface area contributed by atoms with Crippen molar-refractivity contribution in [3.05, 3.63) is 86.6 Å². The van der Waals surface area contributed by atoms with Gasteiger partial charge in [0.05, 0.1) is 31.9 Å². The number of H-pyrrole nitrogens is 1. The van der Waals surface area contributed by atoms with Gasteiger partial charge in [0.2, 0.25) is 0 Å². The number of aromatic nitrogens is 2. The number of carbonyl (C=O) groups excluding carboxylic acids is 1. The third-order valence-electron chi connectivity index (χ3n) is 4.85. The third kappa shape index (κ3) is 4.89. The highest BCUT2D eigenvalue weighted by molar-refractivity contribution is 6.08. The minimum atomic E-state index is -0.751. The van der Waals surface area contributed by atoms with Crippen LogP contribution in [0, 0.1) is 0 Å². The molecule has 0 atom stereocenters. The number of anilines is 2. The van der Waals surface area contributed by atoms with Crippen LogP contribution in [0.3, 0.4) is 0 Å². The number of nitrogens with zero attached hydrogens (tertiary/aromatic N) is 2. The first-order valence-corrected chi connectivity index (χ1v) is 10.2. The zero-order valence-corrected chi connectivity index (χ0v) is 18.0. The molecule has 0 bridgehead atoms. The summed E-state index contributed by atoms with van der Waals surface area (Å²) in [6.07, 6.45) is 0. The molecule has 32 heavy (non-hydrogen) atoms. The van der Waals surface area contributed by atoms with Crippen LogP contribution in [-0.4, -0.2) is 35.8 Å². The van der Waals surface area contributed by atoms with Gasteiger partial charge in [0, 0.05) is 7.11 Å². The van der Waals surface area contributed by atoms with E-state index in [1.807, 2.05) is 37.3 Å². The maximum absolute atomic E-state index is 13.7. The Labute approximate surface area is 185 Å². The van der Waals surface area contributed by atoms with Gasteiger partial charge in [-0.05, 0) is 24.6 Å². The van der Waals surface area contributed by atoms with Crippen LogP contribution in [0.5, 0.6) is 5.75 Å². The minimum absolute atomic E-state index is 0.0654. The van der Waals surface area contributed by atoms with E-state index in [0.29, 0.717) is 12.4 Å². The van der Waals surface area contributed by atoms with Crippen molar-refractivity contribution in [3.63, 3.8) is 0 Å². The number of carbonyl (C=O) groups is 1. The van der Waals surface area contributed by atoms with Gasteiger partial charge < -0.3 is 15.2 Å². The quantitative estimate of drug-likeness (QED) is 0.527. The van der Waals surface area contributed by atoms with Crippen molar-refractivity contribution in [1.29, 1.82) is 0 Å². The third-order valence-corrected chi connectivity index (χ3v) is 4.85. The van der Waals surface area contributed by atoms with Gasteiger partial charge >= 0.3 is 5.69 Å². The predicted octanol–water partition coefficient (Wildman–Crippen LogP) is 2.01. The molecule has 2 aromatic carbocycles. The number of hydrogen-bond donors (Lipinski definition) is 2. The molecule has 0 fully saturated rings. The summed E-state index contributed by atoms with van der Waals surface area (Å²) in [5, 5.41) is 0. The summed E-state index contributed by atoms with van der Waals surface area (Å²) in [6, 6.07) is 16.0. The van der Waals surface area contributed by atoms with Gasteiger partial charge in [-0.1, -0.05) is 42.5 Å². The van der Waals surface area contributed by atoms with Gasteiger partial charge in [-0.3, -0.25) is 24.0 Å². The summed E-state index contributed by atoms with van der Waals surface area (Å²) >= 11 is 0. The van der Waals surface area contributed by atoms with E-state index >= 15 is 0 Å². The number of amides is 1. The van der Waals surface area contributed by atoms with Gasteiger partial charge in [-0.15, -0.1) is 0 Å². The average molecular weight is 438 g/mol. The molecule has 0 unspecified atom stereocenters. The molecular formula is C23H26N4O5. The zero-order chi connectivity index (χ0) is 23.1. The Bertz CT molecular complexity index is 1190. The first kappa shape index (κ1) is 22.8. The largest absolute Gasteiger partial charge is 0.493 e. The first-order valence-electron chi connectivity index (χ1n) is 10.2. The van der Waals surface area contributed by atoms with Crippen molar-refractivity contribution in [3.8, 4) is 5.75 Å². The van der Waals surface area contributed by atoms with Crippen molar-refractivity contribution < 1.29 is 14.3 Å². The molecule has 0 saturated carbocycles. The molecule has 0 saturated heterocycles. The number of ether oxygens (including phenoxy) is 2. The molecule has 0 aliphatic rings. The Morgan fingerprint density at radius 1 is 1.09 bits per heavy atom. The van der Waals surface area contributed by atoms with Crippen LogP contribution < -0.4 is 26.6 Å². The molecular weight excluding hydrogens is 412 g/mol. The first-order chi connectivity index (χ1) is 15.5. The van der Waals surface area contributed by atoms with Gasteiger partial charge in [0.15, 0.2) is 5.69 Å². The molecule has 0 radical (unpaired) electrons. The van der Waals surface area contributed by atoms with E-state index in [-0.39, 0.29) is 36.8 Å². The number of methoxy groups -OCH3 is 1. The summed E-state index contributed by atoms with van der Waals surface area (Å²) < 4.78 is 11.8. The molecule has 3 rings (SSSR count). The molecule has 1 amide bonds. The highest BCUT2D eigenvalue weighted by Crippen LogP contribution is 2.26. The molecule has 1 aromatic heterocycles. The standard InChI is InChI=1S/C23H26N4O5/c1-3-32-18-12-8-7-11-17(18)22(29)27(15-16-9-5-4-6-10-16)19-20(24)26(13-14-31-2)23(30)25-21(19)28/h4-12H,3,13-15,24H2,1-2H3,(H,25,28,30). The van der Waals surface area contributed by atoms with Crippen molar-refractivity contribution in [2.45, 2.75) is 20.0 Å². The van der Waals surface area contributed by atoms with Gasteiger partial charge in [-0.25, -0.2) is 4.79 Å². The lowest BCUT2D eigenvalue weighted by atomic mass is 10.1. The molecule has 0 spiro atoms. The summed E-state index contributed by atoms with van der Waals surface area (Å²) in [5.74, 6) is -0.207. The van der Waals surface area contributed by atoms with Crippen LogP contribution in [-0.2, 0) is 17.8 Å². The van der Waals surface area contributed by atoms with E-state index in [9.17, 15) is 14.4 Å². The summed E-state index contributed by atoms with van der Waals surface area (Å²) in [5.41, 5.74) is 5.78. The van der Waals surface area contributed by atoms with Crippen molar-refractivity contribution in [2.75, 3.05) is 31.0 Å². The Kier molecular flexibility index (Phi) is 7.45. The number of nitrogens with one attached hydrogen (secondary N) is 1. The molecule has 0 aliphatic carbocycles. The van der Waals surface area contributed by atoms with E-state index in [1.54, 1.807) is 24.3 Å². The van der Waals surface area contributed by atoms with Gasteiger partial charge in [-0.2, -0.15) is 0 Å². The Hall–Kier alpha value is -3.85. The Morgan fingerprint density at radius 3 is 2.47 bits per heavy atom. The van der Waals surface area contributed by atoms with Crippen LogP contribution in [0.25, 0.3) is 0 Å². The maximum atomic E-state index is 13.7. The summed E-state index contributed by atoms with van der Waals surface area (Å²) in [7, 11) is 1.49. The number of aromatic amines is 1. The lowest BCUT2D eigenvalue weighted by Gasteiger charge is -2.25. The van der Waals surface area contributed by atoms with E-state index in [0.717, 1.165) is 5.56 Å². The Balaban J connectivity index is 2.18. The average Bonchev–Trinajstić information content (AvgIpc) is 2.79. The maximum Gasteiger partial charge on any atom is 0.330 e. The second kappa shape index (κ2) is 10.5. The number of benzene rings is 2. The molecule has 9 heteroatoms. The zero-order valence-electron chi connectivity index (χ0n) is 18.0. The summed E-state index contributed by atoms with van der Waals surface area (Å²) in [6.45, 7) is 2.57. The number of nitrogen functional groups attached to an aromatic ring is 1. The van der Waals surface area contributed by atoms with Crippen LogP contribution in [0.2, 0.25) is 0 Å². The molecule has 3 aromatic rings. The smallest absolute Gasteiger partial charge is 0.330 e. The normalized spacial score (nSPS) is 10.7. The number of para-hydroxylation sites is 1.